The van der Waals surface area contributed by atoms with Gasteiger partial charge in [0, 0.05) is 31.0 Å². The van der Waals surface area contributed by atoms with Crippen molar-refractivity contribution in [3.63, 3.8) is 0 Å². The smallest absolute Gasteiger partial charge is 0.259 e. The molecule has 7 heteroatoms. The first-order chi connectivity index (χ1) is 13.2. The molecule has 0 aliphatic rings. The Balaban J connectivity index is 1.57. The fourth-order valence-electron chi connectivity index (χ4n) is 3.00. The summed E-state index contributed by atoms with van der Waals surface area (Å²) >= 11 is 0. The van der Waals surface area contributed by atoms with Crippen molar-refractivity contribution in [2.75, 3.05) is 6.54 Å². The zero-order valence-corrected chi connectivity index (χ0v) is 14.9. The van der Waals surface area contributed by atoms with Crippen LogP contribution in [0.15, 0.2) is 59.4 Å². The van der Waals surface area contributed by atoms with Gasteiger partial charge in [0.25, 0.3) is 11.6 Å². The maximum absolute atomic E-state index is 12.8. The molecule has 3 aromatic heterocycles. The number of aryl methyl sites for hydroxylation is 2. The molecule has 0 radical (unpaired) electrons. The van der Waals surface area contributed by atoms with Gasteiger partial charge in [0.15, 0.2) is 0 Å². The third kappa shape index (κ3) is 3.57. The molecule has 0 saturated carbocycles. The van der Waals surface area contributed by atoms with Gasteiger partial charge in [0.2, 0.25) is 0 Å². The second-order valence-corrected chi connectivity index (χ2v) is 6.25. The van der Waals surface area contributed by atoms with Crippen molar-refractivity contribution >= 4 is 17.0 Å². The number of hydrogen-bond acceptors (Lipinski definition) is 5. The molecular weight excluding hydrogens is 342 g/mol. The van der Waals surface area contributed by atoms with Crippen molar-refractivity contribution in [2.24, 2.45) is 0 Å². The molecule has 1 aromatic carbocycles. The van der Waals surface area contributed by atoms with Gasteiger partial charge in [-0.25, -0.2) is 4.98 Å². The van der Waals surface area contributed by atoms with Crippen LogP contribution in [0.3, 0.4) is 0 Å². The quantitative estimate of drug-likeness (QED) is 0.533. The molecular formula is C20H19N5O2. The molecule has 0 aliphatic heterocycles. The Morgan fingerprint density at radius 2 is 2.07 bits per heavy atom. The number of carbonyl (C=O) groups is 1. The van der Waals surface area contributed by atoms with Crippen molar-refractivity contribution < 1.29 is 9.32 Å². The van der Waals surface area contributed by atoms with Crippen LogP contribution in [0.1, 0.15) is 22.5 Å². The maximum atomic E-state index is 12.8. The highest BCUT2D eigenvalue weighted by Crippen LogP contribution is 2.26. The molecule has 0 bridgehead atoms. The lowest BCUT2D eigenvalue weighted by molar-refractivity contribution is 0.0954. The molecule has 1 N–H and O–H groups in total. The number of nitrogens with one attached hydrogen (secondary N) is 1. The Morgan fingerprint density at radius 3 is 2.85 bits per heavy atom. The van der Waals surface area contributed by atoms with Crippen LogP contribution in [0.4, 0.5) is 0 Å². The van der Waals surface area contributed by atoms with E-state index in [1.807, 2.05) is 54.2 Å². The maximum Gasteiger partial charge on any atom is 0.259 e. The Morgan fingerprint density at radius 1 is 1.22 bits per heavy atom. The topological polar surface area (TPSA) is 85.8 Å². The average Bonchev–Trinajstić information content (AvgIpc) is 3.35. The van der Waals surface area contributed by atoms with Gasteiger partial charge < -0.3 is 9.84 Å². The number of pyridine rings is 1. The minimum Gasteiger partial charge on any atom is -0.352 e. The van der Waals surface area contributed by atoms with E-state index in [9.17, 15) is 4.79 Å². The molecule has 0 spiro atoms. The molecule has 0 atom stereocenters. The normalized spacial score (nSPS) is 11.0. The van der Waals surface area contributed by atoms with Crippen molar-refractivity contribution in [3.8, 4) is 11.3 Å². The summed E-state index contributed by atoms with van der Waals surface area (Å²) in [6.45, 7) is 3.11. The van der Waals surface area contributed by atoms with E-state index in [0.29, 0.717) is 34.6 Å². The average molecular weight is 361 g/mol. The third-order valence-corrected chi connectivity index (χ3v) is 4.34. The Labute approximate surface area is 156 Å². The van der Waals surface area contributed by atoms with Gasteiger partial charge in [0.05, 0.1) is 22.3 Å². The van der Waals surface area contributed by atoms with Crippen LogP contribution >= 0.6 is 0 Å². The van der Waals surface area contributed by atoms with Crippen LogP contribution in [0.2, 0.25) is 0 Å². The number of nitrogens with zero attached hydrogens (tertiary/aromatic N) is 4. The summed E-state index contributed by atoms with van der Waals surface area (Å²) in [5.74, 6) is -0.161. The molecule has 0 unspecified atom stereocenters. The SMILES string of the molecule is Cc1noc2nc(-c3ccccc3)cc(C(=O)NCCCn3cccn3)c12. The number of aromatic nitrogens is 4. The van der Waals surface area contributed by atoms with E-state index in [1.54, 1.807) is 12.3 Å². The van der Waals surface area contributed by atoms with E-state index in [4.69, 9.17) is 4.52 Å². The molecule has 27 heavy (non-hydrogen) atoms. The Kier molecular flexibility index (Phi) is 4.65. The molecule has 4 aromatic rings. The van der Waals surface area contributed by atoms with E-state index in [2.05, 4.69) is 20.6 Å². The number of benzene rings is 1. The molecule has 1 amide bonds. The minimum atomic E-state index is -0.161. The summed E-state index contributed by atoms with van der Waals surface area (Å²) in [5, 5.41) is 11.8. The van der Waals surface area contributed by atoms with Crippen LogP contribution in [-0.2, 0) is 6.54 Å². The summed E-state index contributed by atoms with van der Waals surface area (Å²) in [5.41, 5.74) is 3.15. The summed E-state index contributed by atoms with van der Waals surface area (Å²) < 4.78 is 7.17. The second kappa shape index (κ2) is 7.41. The van der Waals surface area contributed by atoms with Gasteiger partial charge in [-0.3, -0.25) is 9.48 Å². The van der Waals surface area contributed by atoms with Crippen LogP contribution in [0, 0.1) is 6.92 Å². The van der Waals surface area contributed by atoms with Crippen molar-refractivity contribution in [1.29, 1.82) is 0 Å². The Bertz CT molecular complexity index is 1050. The number of amides is 1. The Hall–Kier alpha value is -3.48. The second-order valence-electron chi connectivity index (χ2n) is 6.25. The number of fused-ring (bicyclic) bond motifs is 1. The summed E-state index contributed by atoms with van der Waals surface area (Å²) in [6.07, 6.45) is 4.43. The van der Waals surface area contributed by atoms with Gasteiger partial charge in [-0.15, -0.1) is 0 Å². The van der Waals surface area contributed by atoms with Crippen LogP contribution < -0.4 is 5.32 Å². The van der Waals surface area contributed by atoms with Crippen LogP contribution in [-0.4, -0.2) is 32.4 Å². The highest BCUT2D eigenvalue weighted by molar-refractivity contribution is 6.06. The van der Waals surface area contributed by atoms with Gasteiger partial charge in [-0.05, 0) is 25.5 Å². The van der Waals surface area contributed by atoms with Gasteiger partial charge in [-0.1, -0.05) is 35.5 Å². The largest absolute Gasteiger partial charge is 0.352 e. The van der Waals surface area contributed by atoms with E-state index in [0.717, 1.165) is 18.5 Å². The van der Waals surface area contributed by atoms with E-state index in [-0.39, 0.29) is 5.91 Å². The van der Waals surface area contributed by atoms with Crippen molar-refractivity contribution in [3.05, 3.63) is 66.1 Å². The lowest BCUT2D eigenvalue weighted by Crippen LogP contribution is -2.25. The fourth-order valence-corrected chi connectivity index (χ4v) is 3.00. The highest BCUT2D eigenvalue weighted by atomic mass is 16.5. The van der Waals surface area contributed by atoms with Crippen molar-refractivity contribution in [1.82, 2.24) is 25.2 Å². The van der Waals surface area contributed by atoms with E-state index >= 15 is 0 Å². The van der Waals surface area contributed by atoms with E-state index < -0.39 is 0 Å². The molecule has 4 rings (SSSR count). The first kappa shape index (κ1) is 17.0. The van der Waals surface area contributed by atoms with Crippen LogP contribution in [0.25, 0.3) is 22.4 Å². The zero-order valence-electron chi connectivity index (χ0n) is 14.9. The summed E-state index contributed by atoms with van der Waals surface area (Å²) in [7, 11) is 0. The monoisotopic (exact) mass is 361 g/mol. The number of rotatable bonds is 6. The number of hydrogen-bond donors (Lipinski definition) is 1. The first-order valence-corrected chi connectivity index (χ1v) is 8.80. The molecule has 0 aliphatic carbocycles. The molecule has 0 saturated heterocycles. The standard InChI is InChI=1S/C20H19N5O2/c1-14-18-16(19(26)21-9-5-11-25-12-6-10-22-25)13-17(23-20(18)27-24-14)15-7-3-2-4-8-15/h2-4,6-8,10,12-13H,5,9,11H2,1H3,(H,21,26). The molecule has 136 valence electrons. The summed E-state index contributed by atoms with van der Waals surface area (Å²) in [4.78, 5) is 17.3. The highest BCUT2D eigenvalue weighted by Gasteiger charge is 2.19. The van der Waals surface area contributed by atoms with E-state index in [1.165, 1.54) is 0 Å². The third-order valence-electron chi connectivity index (χ3n) is 4.34. The van der Waals surface area contributed by atoms with Gasteiger partial charge in [0.1, 0.15) is 0 Å². The van der Waals surface area contributed by atoms with Crippen molar-refractivity contribution in [2.45, 2.75) is 19.9 Å². The fraction of sp³-hybridized carbons (Fsp3) is 0.200. The molecule has 7 nitrogen and oxygen atoms in total. The lowest BCUT2D eigenvalue weighted by atomic mass is 10.1. The minimum absolute atomic E-state index is 0.161. The molecule has 3 heterocycles. The summed E-state index contributed by atoms with van der Waals surface area (Å²) in [6, 6.07) is 13.4. The predicted molar refractivity (Wildman–Crippen MR) is 101 cm³/mol. The predicted octanol–water partition coefficient (Wildman–Crippen LogP) is 3.21. The molecule has 0 fully saturated rings. The van der Waals surface area contributed by atoms with Gasteiger partial charge in [-0.2, -0.15) is 5.10 Å². The zero-order chi connectivity index (χ0) is 18.6. The lowest BCUT2D eigenvalue weighted by Gasteiger charge is -2.08. The number of carbonyl (C=O) groups excluding carboxylic acids is 1. The van der Waals surface area contributed by atoms with Crippen LogP contribution in [0.5, 0.6) is 0 Å². The van der Waals surface area contributed by atoms with Gasteiger partial charge >= 0.3 is 0 Å². The first-order valence-electron chi connectivity index (χ1n) is 8.80.